The van der Waals surface area contributed by atoms with Crippen LogP contribution in [-0.2, 0) is 7.05 Å². The van der Waals surface area contributed by atoms with Gasteiger partial charge in [-0.2, -0.15) is 0 Å². The molecule has 0 saturated heterocycles. The van der Waals surface area contributed by atoms with E-state index in [0.29, 0.717) is 18.8 Å². The molecule has 3 N–H and O–H groups in total. The standard InChI is InChI=1S/C14H14FN7O2/c1-21-12(23)10-11(19-20-13(18-10)17-7-6-16)22(14(21)24)9-4-2-8(15)3-5-9/h2-5H,6-7,16H2,1H3,(H,17,18,20). The van der Waals surface area contributed by atoms with Crippen LogP contribution in [0.2, 0.25) is 0 Å². The number of fused-ring (bicyclic) bond motifs is 1. The van der Waals surface area contributed by atoms with E-state index in [0.717, 1.165) is 9.13 Å². The Morgan fingerprint density at radius 3 is 2.58 bits per heavy atom. The molecule has 124 valence electrons. The second-order valence-electron chi connectivity index (χ2n) is 4.98. The fraction of sp³-hybridized carbons (Fsp3) is 0.214. The third-order valence-corrected chi connectivity index (χ3v) is 3.38. The third-order valence-electron chi connectivity index (χ3n) is 3.38. The van der Waals surface area contributed by atoms with Crippen molar-refractivity contribution in [3.63, 3.8) is 0 Å². The van der Waals surface area contributed by atoms with Crippen LogP contribution in [0.1, 0.15) is 0 Å². The first kappa shape index (κ1) is 15.7. The van der Waals surface area contributed by atoms with Crippen LogP contribution in [0.25, 0.3) is 16.9 Å². The molecular weight excluding hydrogens is 317 g/mol. The number of benzene rings is 1. The molecule has 3 rings (SSSR count). The van der Waals surface area contributed by atoms with E-state index in [1.54, 1.807) is 0 Å². The summed E-state index contributed by atoms with van der Waals surface area (Å²) in [6.45, 7) is 0.763. The van der Waals surface area contributed by atoms with Crippen molar-refractivity contribution in [2.45, 2.75) is 0 Å². The van der Waals surface area contributed by atoms with Gasteiger partial charge in [0, 0.05) is 20.1 Å². The first-order valence-electron chi connectivity index (χ1n) is 7.09. The number of hydrogen-bond donors (Lipinski definition) is 2. The minimum absolute atomic E-state index is 0.00648. The second kappa shape index (κ2) is 6.16. The molecule has 9 nitrogen and oxygen atoms in total. The van der Waals surface area contributed by atoms with E-state index >= 15 is 0 Å². The van der Waals surface area contributed by atoms with Crippen molar-refractivity contribution >= 4 is 17.1 Å². The Kier molecular flexibility index (Phi) is 4.04. The summed E-state index contributed by atoms with van der Waals surface area (Å²) >= 11 is 0. The van der Waals surface area contributed by atoms with E-state index < -0.39 is 17.1 Å². The summed E-state index contributed by atoms with van der Waals surface area (Å²) in [7, 11) is 1.33. The lowest BCUT2D eigenvalue weighted by Gasteiger charge is -2.11. The maximum atomic E-state index is 13.1. The number of rotatable bonds is 4. The van der Waals surface area contributed by atoms with E-state index in [-0.39, 0.29) is 17.1 Å². The van der Waals surface area contributed by atoms with Gasteiger partial charge in [0.2, 0.25) is 5.95 Å². The molecule has 10 heteroatoms. The van der Waals surface area contributed by atoms with Crippen LogP contribution in [0.3, 0.4) is 0 Å². The van der Waals surface area contributed by atoms with Crippen LogP contribution in [0.4, 0.5) is 10.3 Å². The Labute approximate surface area is 134 Å². The van der Waals surface area contributed by atoms with Crippen molar-refractivity contribution in [3.8, 4) is 5.69 Å². The van der Waals surface area contributed by atoms with Gasteiger partial charge in [-0.25, -0.2) is 18.7 Å². The number of hydrogen-bond acceptors (Lipinski definition) is 7. The monoisotopic (exact) mass is 331 g/mol. The molecule has 0 spiro atoms. The van der Waals surface area contributed by atoms with Gasteiger partial charge in [-0.15, -0.1) is 10.2 Å². The van der Waals surface area contributed by atoms with Gasteiger partial charge in [0.15, 0.2) is 11.2 Å². The van der Waals surface area contributed by atoms with E-state index in [1.807, 2.05) is 0 Å². The molecular formula is C14H14FN7O2. The molecule has 0 aliphatic heterocycles. The van der Waals surface area contributed by atoms with Gasteiger partial charge in [0.25, 0.3) is 5.56 Å². The summed E-state index contributed by atoms with van der Waals surface area (Å²) in [6.07, 6.45) is 0. The molecule has 3 aromatic rings. The number of aromatic nitrogens is 5. The molecule has 0 bridgehead atoms. The lowest BCUT2D eigenvalue weighted by atomic mass is 10.3. The molecule has 0 amide bonds. The first-order valence-corrected chi connectivity index (χ1v) is 7.09. The molecule has 0 saturated carbocycles. The maximum absolute atomic E-state index is 13.1. The highest BCUT2D eigenvalue weighted by molar-refractivity contribution is 5.71. The highest BCUT2D eigenvalue weighted by Gasteiger charge is 2.16. The van der Waals surface area contributed by atoms with Crippen LogP contribution in [0, 0.1) is 5.82 Å². The van der Waals surface area contributed by atoms with Crippen molar-refractivity contribution in [3.05, 3.63) is 50.9 Å². The summed E-state index contributed by atoms with van der Waals surface area (Å²) in [6, 6.07) is 5.22. The van der Waals surface area contributed by atoms with Crippen molar-refractivity contribution in [1.82, 2.24) is 24.3 Å². The summed E-state index contributed by atoms with van der Waals surface area (Å²) in [5, 5.41) is 10.6. The van der Waals surface area contributed by atoms with Crippen LogP contribution in [-0.4, -0.2) is 37.4 Å². The maximum Gasteiger partial charge on any atom is 0.337 e. The van der Waals surface area contributed by atoms with Crippen LogP contribution in [0.5, 0.6) is 0 Å². The largest absolute Gasteiger partial charge is 0.352 e. The van der Waals surface area contributed by atoms with Gasteiger partial charge in [0.05, 0.1) is 5.69 Å². The van der Waals surface area contributed by atoms with Gasteiger partial charge >= 0.3 is 5.69 Å². The predicted octanol–water partition coefficient (Wildman–Crippen LogP) is -0.616. The van der Waals surface area contributed by atoms with Gasteiger partial charge in [-0.05, 0) is 24.3 Å². The van der Waals surface area contributed by atoms with Crippen molar-refractivity contribution in [1.29, 1.82) is 0 Å². The molecule has 2 aromatic heterocycles. The molecule has 2 heterocycles. The number of nitrogens with one attached hydrogen (secondary N) is 1. The molecule has 0 radical (unpaired) electrons. The quantitative estimate of drug-likeness (QED) is 0.654. The van der Waals surface area contributed by atoms with E-state index in [9.17, 15) is 14.0 Å². The van der Waals surface area contributed by atoms with Gasteiger partial charge < -0.3 is 11.1 Å². The average molecular weight is 331 g/mol. The summed E-state index contributed by atoms with van der Waals surface area (Å²) in [4.78, 5) is 28.9. The molecule has 0 atom stereocenters. The summed E-state index contributed by atoms with van der Waals surface area (Å²) in [5.74, 6) is -0.312. The molecule has 24 heavy (non-hydrogen) atoms. The number of nitrogens with two attached hydrogens (primary N) is 1. The van der Waals surface area contributed by atoms with Crippen LogP contribution < -0.4 is 22.3 Å². The van der Waals surface area contributed by atoms with E-state index in [1.165, 1.54) is 31.3 Å². The zero-order valence-electron chi connectivity index (χ0n) is 12.7. The summed E-state index contributed by atoms with van der Waals surface area (Å²) < 4.78 is 15.2. The minimum Gasteiger partial charge on any atom is -0.352 e. The van der Waals surface area contributed by atoms with E-state index in [2.05, 4.69) is 20.5 Å². The fourth-order valence-electron chi connectivity index (χ4n) is 2.18. The first-order chi connectivity index (χ1) is 11.5. The average Bonchev–Trinajstić information content (AvgIpc) is 2.60. The van der Waals surface area contributed by atoms with Gasteiger partial charge in [0.1, 0.15) is 5.82 Å². The predicted molar refractivity (Wildman–Crippen MR) is 85.7 cm³/mol. The Bertz CT molecular complexity index is 1010. The van der Waals surface area contributed by atoms with Gasteiger partial charge in [-0.3, -0.25) is 9.36 Å². The Hall–Kier alpha value is -3.14. The smallest absolute Gasteiger partial charge is 0.337 e. The second-order valence-corrected chi connectivity index (χ2v) is 4.98. The van der Waals surface area contributed by atoms with Crippen molar-refractivity contribution in [2.24, 2.45) is 12.8 Å². The zero-order valence-corrected chi connectivity index (χ0v) is 12.7. The lowest BCUT2D eigenvalue weighted by molar-refractivity contribution is 0.627. The SMILES string of the molecule is Cn1c(=O)c2nc(NCCN)nnc2n(-c2ccc(F)cc2)c1=O. The highest BCUT2D eigenvalue weighted by Crippen LogP contribution is 2.12. The molecule has 0 aliphatic carbocycles. The molecule has 0 unspecified atom stereocenters. The van der Waals surface area contributed by atoms with Gasteiger partial charge in [-0.1, -0.05) is 0 Å². The topological polar surface area (TPSA) is 121 Å². The zero-order chi connectivity index (χ0) is 17.3. The number of nitrogens with zero attached hydrogens (tertiary/aromatic N) is 5. The highest BCUT2D eigenvalue weighted by atomic mass is 19.1. The molecule has 1 aromatic carbocycles. The molecule has 0 aliphatic rings. The Morgan fingerprint density at radius 2 is 1.92 bits per heavy atom. The Morgan fingerprint density at radius 1 is 1.21 bits per heavy atom. The Balaban J connectivity index is 2.31. The van der Waals surface area contributed by atoms with Crippen LogP contribution >= 0.6 is 0 Å². The lowest BCUT2D eigenvalue weighted by Crippen LogP contribution is -2.38. The summed E-state index contributed by atoms with van der Waals surface area (Å²) in [5.41, 5.74) is 4.48. The number of halogens is 1. The van der Waals surface area contributed by atoms with Crippen molar-refractivity contribution < 1.29 is 4.39 Å². The minimum atomic E-state index is -0.627. The van der Waals surface area contributed by atoms with E-state index in [4.69, 9.17) is 5.73 Å². The molecule has 0 fully saturated rings. The van der Waals surface area contributed by atoms with Crippen LogP contribution in [0.15, 0.2) is 33.9 Å². The third kappa shape index (κ3) is 2.63. The number of anilines is 1. The fourth-order valence-corrected chi connectivity index (χ4v) is 2.18. The normalized spacial score (nSPS) is 11.0. The van der Waals surface area contributed by atoms with Crippen molar-refractivity contribution in [2.75, 3.05) is 18.4 Å².